The van der Waals surface area contributed by atoms with Gasteiger partial charge in [-0.3, -0.25) is 5.32 Å². The maximum atomic E-state index is 12.3. The first-order chi connectivity index (χ1) is 13.0. The molecule has 2 aromatic rings. The van der Waals surface area contributed by atoms with Crippen LogP contribution in [-0.4, -0.2) is 27.2 Å². The number of alkyl carbamates (subject to hydrolysis) is 1. The van der Waals surface area contributed by atoms with Gasteiger partial charge in [-0.2, -0.15) is 8.42 Å². The number of carbonyl (C=O) groups excluding carboxylic acids is 1. The van der Waals surface area contributed by atoms with Crippen molar-refractivity contribution in [2.45, 2.75) is 44.4 Å². The van der Waals surface area contributed by atoms with Crippen LogP contribution in [0.5, 0.6) is 5.75 Å². The van der Waals surface area contributed by atoms with E-state index in [2.05, 4.69) is 5.32 Å². The van der Waals surface area contributed by atoms with Crippen molar-refractivity contribution in [1.29, 1.82) is 0 Å². The van der Waals surface area contributed by atoms with Gasteiger partial charge in [0.05, 0.1) is 0 Å². The van der Waals surface area contributed by atoms with E-state index in [0.717, 1.165) is 5.56 Å². The van der Waals surface area contributed by atoms with E-state index in [9.17, 15) is 13.2 Å². The number of ether oxygens (including phenoxy) is 2. The second kappa shape index (κ2) is 8.62. The zero-order valence-corrected chi connectivity index (χ0v) is 17.4. The van der Waals surface area contributed by atoms with E-state index in [-0.39, 0.29) is 10.6 Å². The summed E-state index contributed by atoms with van der Waals surface area (Å²) in [5, 5.41) is 2.60. The first kappa shape index (κ1) is 21.7. The molecular formula is C20H25NO6S. The highest BCUT2D eigenvalue weighted by atomic mass is 32.2. The van der Waals surface area contributed by atoms with Crippen LogP contribution in [0.4, 0.5) is 4.79 Å². The van der Waals surface area contributed by atoms with Crippen LogP contribution in [0.25, 0.3) is 0 Å². The minimum atomic E-state index is -3.93. The van der Waals surface area contributed by atoms with Crippen LogP contribution in [-0.2, 0) is 19.6 Å². The molecule has 152 valence electrons. The number of hydrogen-bond acceptors (Lipinski definition) is 6. The first-order valence-corrected chi connectivity index (χ1v) is 10.0. The molecule has 8 heteroatoms. The average Bonchev–Trinajstić information content (AvgIpc) is 2.59. The number of hydrogen-bond donors (Lipinski definition) is 1. The molecule has 1 N–H and O–H groups in total. The Bertz CT molecular complexity index is 899. The third-order valence-electron chi connectivity index (χ3n) is 3.58. The van der Waals surface area contributed by atoms with Crippen LogP contribution < -0.4 is 9.50 Å². The molecule has 1 atom stereocenters. The summed E-state index contributed by atoms with van der Waals surface area (Å²) < 4.78 is 40.3. The lowest BCUT2D eigenvalue weighted by Gasteiger charge is -2.23. The van der Waals surface area contributed by atoms with E-state index in [1.165, 1.54) is 31.4 Å². The Hall–Kier alpha value is -2.58. The average molecular weight is 407 g/mol. The number of benzene rings is 2. The van der Waals surface area contributed by atoms with Gasteiger partial charge in [0.1, 0.15) is 16.2 Å². The van der Waals surface area contributed by atoms with E-state index in [0.29, 0.717) is 5.56 Å². The second-order valence-electron chi connectivity index (χ2n) is 7.18. The summed E-state index contributed by atoms with van der Waals surface area (Å²) >= 11 is 0. The van der Waals surface area contributed by atoms with Crippen LogP contribution in [0.3, 0.4) is 0 Å². The molecule has 0 aromatic heterocycles. The van der Waals surface area contributed by atoms with Crippen molar-refractivity contribution < 1.29 is 26.9 Å². The Balaban J connectivity index is 2.09. The summed E-state index contributed by atoms with van der Waals surface area (Å²) in [6.07, 6.45) is -1.38. The zero-order chi connectivity index (χ0) is 20.9. The molecule has 0 fully saturated rings. The Kier molecular flexibility index (Phi) is 6.69. The molecule has 0 aliphatic heterocycles. The van der Waals surface area contributed by atoms with Crippen LogP contribution in [0.1, 0.15) is 38.1 Å². The van der Waals surface area contributed by atoms with E-state index in [1.807, 2.05) is 6.92 Å². The monoisotopic (exact) mass is 407 g/mol. The van der Waals surface area contributed by atoms with Gasteiger partial charge in [0.25, 0.3) is 0 Å². The number of nitrogens with one attached hydrogen (secondary N) is 1. The zero-order valence-electron chi connectivity index (χ0n) is 16.6. The first-order valence-electron chi connectivity index (χ1n) is 8.63. The fourth-order valence-corrected chi connectivity index (χ4v) is 3.20. The predicted octanol–water partition coefficient (Wildman–Crippen LogP) is 3.93. The summed E-state index contributed by atoms with van der Waals surface area (Å²) in [5.41, 5.74) is 0.921. The number of methoxy groups -OCH3 is 1. The molecule has 0 saturated carbocycles. The molecular weight excluding hydrogens is 382 g/mol. The summed E-state index contributed by atoms with van der Waals surface area (Å²) in [6.45, 7) is 7.15. The predicted molar refractivity (Wildman–Crippen MR) is 105 cm³/mol. The maximum absolute atomic E-state index is 12.3. The van der Waals surface area contributed by atoms with Crippen molar-refractivity contribution >= 4 is 16.2 Å². The number of aryl methyl sites for hydroxylation is 1. The van der Waals surface area contributed by atoms with E-state index < -0.39 is 28.0 Å². The Morgan fingerprint density at radius 3 is 2.07 bits per heavy atom. The van der Waals surface area contributed by atoms with Gasteiger partial charge in [-0.1, -0.05) is 29.8 Å². The van der Waals surface area contributed by atoms with Gasteiger partial charge < -0.3 is 13.7 Å². The molecule has 0 aliphatic carbocycles. The van der Waals surface area contributed by atoms with E-state index in [4.69, 9.17) is 13.7 Å². The van der Waals surface area contributed by atoms with Crippen LogP contribution >= 0.6 is 0 Å². The minimum Gasteiger partial charge on any atom is -0.444 e. The molecule has 0 heterocycles. The third kappa shape index (κ3) is 6.24. The maximum Gasteiger partial charge on any atom is 0.409 e. The van der Waals surface area contributed by atoms with Gasteiger partial charge in [0.2, 0.25) is 0 Å². The molecule has 1 amide bonds. The summed E-state index contributed by atoms with van der Waals surface area (Å²) in [4.78, 5) is 12.0. The molecule has 2 aromatic carbocycles. The fourth-order valence-electron chi connectivity index (χ4n) is 2.27. The summed E-state index contributed by atoms with van der Waals surface area (Å²) in [5.74, 6) is 0.149. The highest BCUT2D eigenvalue weighted by Gasteiger charge is 2.21. The van der Waals surface area contributed by atoms with E-state index in [1.54, 1.807) is 45.0 Å². The lowest BCUT2D eigenvalue weighted by atomic mass is 10.2. The highest BCUT2D eigenvalue weighted by Crippen LogP contribution is 2.22. The number of rotatable bonds is 6. The van der Waals surface area contributed by atoms with Gasteiger partial charge >= 0.3 is 16.2 Å². The smallest absolute Gasteiger partial charge is 0.409 e. The van der Waals surface area contributed by atoms with Gasteiger partial charge in [-0.15, -0.1) is 0 Å². The highest BCUT2D eigenvalue weighted by molar-refractivity contribution is 7.87. The van der Waals surface area contributed by atoms with Gasteiger partial charge in [0, 0.05) is 12.7 Å². The number of amides is 1. The van der Waals surface area contributed by atoms with Crippen molar-refractivity contribution in [3.05, 3.63) is 59.7 Å². The molecule has 0 spiro atoms. The lowest BCUT2D eigenvalue weighted by molar-refractivity contribution is 0.0231. The molecule has 28 heavy (non-hydrogen) atoms. The minimum absolute atomic E-state index is 0.0727. The molecule has 7 nitrogen and oxygen atoms in total. The fraction of sp³-hybridized carbons (Fsp3) is 0.350. The number of carbonyl (C=O) groups is 1. The summed E-state index contributed by atoms with van der Waals surface area (Å²) in [7, 11) is -2.49. The largest absolute Gasteiger partial charge is 0.444 e. The third-order valence-corrected chi connectivity index (χ3v) is 4.84. The van der Waals surface area contributed by atoms with Crippen molar-refractivity contribution in [2.24, 2.45) is 0 Å². The molecule has 0 radical (unpaired) electrons. The lowest BCUT2D eigenvalue weighted by Crippen LogP contribution is -2.35. The SMILES string of the molecule is COC(NC(=O)OC(C)(C)C)c1ccc(OS(=O)(=O)c2ccc(C)cc2)cc1. The Labute approximate surface area is 165 Å². The van der Waals surface area contributed by atoms with Crippen LogP contribution in [0, 0.1) is 6.92 Å². The van der Waals surface area contributed by atoms with Crippen molar-refractivity contribution in [3.63, 3.8) is 0 Å². The van der Waals surface area contributed by atoms with Gasteiger partial charge in [-0.25, -0.2) is 4.79 Å². The topological polar surface area (TPSA) is 90.9 Å². The van der Waals surface area contributed by atoms with Crippen LogP contribution in [0.2, 0.25) is 0 Å². The van der Waals surface area contributed by atoms with Crippen LogP contribution in [0.15, 0.2) is 53.4 Å². The van der Waals surface area contributed by atoms with Gasteiger partial charge in [0.15, 0.2) is 6.23 Å². The molecule has 1 unspecified atom stereocenters. The molecule has 2 rings (SSSR count). The Morgan fingerprint density at radius 2 is 1.57 bits per heavy atom. The van der Waals surface area contributed by atoms with Crippen molar-refractivity contribution in [1.82, 2.24) is 5.32 Å². The van der Waals surface area contributed by atoms with Crippen molar-refractivity contribution in [2.75, 3.05) is 7.11 Å². The summed E-state index contributed by atoms with van der Waals surface area (Å²) in [6, 6.07) is 12.6. The van der Waals surface area contributed by atoms with Crippen molar-refractivity contribution in [3.8, 4) is 5.75 Å². The molecule has 0 aliphatic rings. The normalized spacial score (nSPS) is 12.9. The van der Waals surface area contributed by atoms with Gasteiger partial charge in [-0.05, 0) is 52.0 Å². The quantitative estimate of drug-likeness (QED) is 0.576. The molecule has 0 bridgehead atoms. The standard InChI is InChI=1S/C20H25NO6S/c1-14-6-12-17(13-7-14)28(23,24)27-16-10-8-15(9-11-16)18(25-5)21-19(22)26-20(2,3)4/h6-13,18H,1-5H3,(H,21,22). The second-order valence-corrected chi connectivity index (χ2v) is 8.73. The Morgan fingerprint density at radius 1 is 1.00 bits per heavy atom. The van der Waals surface area contributed by atoms with E-state index >= 15 is 0 Å². The molecule has 0 saturated heterocycles.